The maximum atomic E-state index is 11.1. The lowest BCUT2D eigenvalue weighted by molar-refractivity contribution is 0.100. The van der Waals surface area contributed by atoms with Crippen LogP contribution in [-0.2, 0) is 0 Å². The Bertz CT molecular complexity index is 629. The highest BCUT2D eigenvalue weighted by atomic mass is 79.9. The average molecular weight is 350 g/mol. The maximum Gasteiger partial charge on any atom is 0.248 e. The molecule has 0 aliphatic rings. The summed E-state index contributed by atoms with van der Waals surface area (Å²) in [5.41, 5.74) is 12.9. The van der Waals surface area contributed by atoms with Crippen LogP contribution >= 0.6 is 15.9 Å². The number of primary amides is 1. The Morgan fingerprint density at radius 3 is 2.52 bits per heavy atom. The molecule has 0 spiro atoms. The van der Waals surface area contributed by atoms with Gasteiger partial charge in [0.2, 0.25) is 5.91 Å². The molecular formula is C15H16BrN3O2. The molecule has 0 bridgehead atoms. The molecule has 2 aromatic rings. The predicted octanol–water partition coefficient (Wildman–Crippen LogP) is 2.62. The molecule has 21 heavy (non-hydrogen) atoms. The number of amides is 1. The quantitative estimate of drug-likeness (QED) is 0.552. The fourth-order valence-corrected chi connectivity index (χ4v) is 2.25. The molecule has 1 amide bonds. The van der Waals surface area contributed by atoms with Gasteiger partial charge in [-0.05, 0) is 58.4 Å². The third-order valence-electron chi connectivity index (χ3n) is 2.82. The van der Waals surface area contributed by atoms with Crippen molar-refractivity contribution in [3.8, 4) is 5.75 Å². The lowest BCUT2D eigenvalue weighted by Gasteiger charge is -2.10. The zero-order chi connectivity index (χ0) is 15.2. The highest BCUT2D eigenvalue weighted by Gasteiger charge is 2.04. The summed E-state index contributed by atoms with van der Waals surface area (Å²) in [5, 5.41) is 3.21. The van der Waals surface area contributed by atoms with Crippen LogP contribution in [0.5, 0.6) is 5.75 Å². The number of benzene rings is 2. The van der Waals surface area contributed by atoms with Crippen molar-refractivity contribution in [1.82, 2.24) is 0 Å². The second-order valence-corrected chi connectivity index (χ2v) is 5.26. The molecule has 0 saturated carbocycles. The minimum Gasteiger partial charge on any atom is -0.492 e. The summed E-state index contributed by atoms with van der Waals surface area (Å²) < 4.78 is 6.36. The number of nitrogens with two attached hydrogens (primary N) is 2. The summed E-state index contributed by atoms with van der Waals surface area (Å²) in [4.78, 5) is 11.1. The fraction of sp³-hybridized carbons (Fsp3) is 0.133. The van der Waals surface area contributed by atoms with Crippen LogP contribution in [0.3, 0.4) is 0 Å². The highest BCUT2D eigenvalue weighted by molar-refractivity contribution is 9.10. The first-order valence-corrected chi connectivity index (χ1v) is 7.17. The van der Waals surface area contributed by atoms with Gasteiger partial charge in [0.25, 0.3) is 0 Å². The Balaban J connectivity index is 1.83. The lowest BCUT2D eigenvalue weighted by atomic mass is 10.2. The normalized spacial score (nSPS) is 10.1. The van der Waals surface area contributed by atoms with Crippen molar-refractivity contribution in [3.63, 3.8) is 0 Å². The lowest BCUT2D eigenvalue weighted by Crippen LogP contribution is -2.13. The topological polar surface area (TPSA) is 90.4 Å². The predicted molar refractivity (Wildman–Crippen MR) is 87.5 cm³/mol. The Morgan fingerprint density at radius 2 is 1.90 bits per heavy atom. The van der Waals surface area contributed by atoms with Gasteiger partial charge in [0.15, 0.2) is 0 Å². The fourth-order valence-electron chi connectivity index (χ4n) is 1.73. The number of carbonyl (C=O) groups is 1. The van der Waals surface area contributed by atoms with Crippen molar-refractivity contribution < 1.29 is 9.53 Å². The van der Waals surface area contributed by atoms with Gasteiger partial charge < -0.3 is 21.5 Å². The van der Waals surface area contributed by atoms with E-state index in [2.05, 4.69) is 21.2 Å². The molecule has 2 aromatic carbocycles. The molecule has 5 nitrogen and oxygen atoms in total. The van der Waals surface area contributed by atoms with E-state index < -0.39 is 5.91 Å². The van der Waals surface area contributed by atoms with Crippen LogP contribution in [0.2, 0.25) is 0 Å². The summed E-state index contributed by atoms with van der Waals surface area (Å²) in [6, 6.07) is 12.4. The molecule has 0 radical (unpaired) electrons. The number of hydrogen-bond acceptors (Lipinski definition) is 4. The summed E-state index contributed by atoms with van der Waals surface area (Å²) in [5.74, 6) is 0.322. The Kier molecular flexibility index (Phi) is 5.05. The van der Waals surface area contributed by atoms with E-state index in [4.69, 9.17) is 16.2 Å². The van der Waals surface area contributed by atoms with E-state index in [1.54, 1.807) is 30.3 Å². The molecule has 6 heteroatoms. The van der Waals surface area contributed by atoms with E-state index in [0.29, 0.717) is 24.4 Å². The van der Waals surface area contributed by atoms with Crippen molar-refractivity contribution in [2.45, 2.75) is 0 Å². The van der Waals surface area contributed by atoms with Gasteiger partial charge in [-0.2, -0.15) is 0 Å². The van der Waals surface area contributed by atoms with Crippen LogP contribution in [0.25, 0.3) is 0 Å². The molecule has 2 rings (SSSR count). The van der Waals surface area contributed by atoms with Crippen LogP contribution in [0, 0.1) is 0 Å². The number of hydrogen-bond donors (Lipinski definition) is 3. The van der Waals surface area contributed by atoms with Gasteiger partial charge in [0.05, 0.1) is 0 Å². The third kappa shape index (κ3) is 4.39. The Morgan fingerprint density at radius 1 is 1.19 bits per heavy atom. The summed E-state index contributed by atoms with van der Waals surface area (Å²) in [6.45, 7) is 1.13. The number of ether oxygens (including phenoxy) is 1. The number of carbonyl (C=O) groups excluding carboxylic acids is 1. The third-order valence-corrected chi connectivity index (χ3v) is 3.48. The van der Waals surface area contributed by atoms with Crippen molar-refractivity contribution in [3.05, 3.63) is 52.5 Å². The SMILES string of the molecule is NC(=O)c1ccc(NCCOc2ccc(N)cc2)c(Br)c1. The first-order chi connectivity index (χ1) is 10.1. The van der Waals surface area contributed by atoms with E-state index in [9.17, 15) is 4.79 Å². The highest BCUT2D eigenvalue weighted by Crippen LogP contribution is 2.23. The number of anilines is 2. The molecule has 0 fully saturated rings. The first kappa shape index (κ1) is 15.2. The molecule has 0 aromatic heterocycles. The van der Waals surface area contributed by atoms with Crippen LogP contribution in [0.15, 0.2) is 46.9 Å². The van der Waals surface area contributed by atoms with Crippen molar-refractivity contribution in [2.75, 3.05) is 24.2 Å². The molecule has 110 valence electrons. The molecule has 0 heterocycles. The molecule has 0 atom stereocenters. The van der Waals surface area contributed by atoms with Gasteiger partial charge in [0.1, 0.15) is 12.4 Å². The van der Waals surface area contributed by atoms with Crippen LogP contribution in [0.4, 0.5) is 11.4 Å². The van der Waals surface area contributed by atoms with Gasteiger partial charge in [-0.3, -0.25) is 4.79 Å². The number of nitrogen functional groups attached to an aromatic ring is 1. The average Bonchev–Trinajstić information content (AvgIpc) is 2.46. The molecule has 0 aliphatic carbocycles. The molecule has 0 unspecified atom stereocenters. The minimum atomic E-state index is -0.450. The van der Waals surface area contributed by atoms with E-state index in [-0.39, 0.29) is 0 Å². The standard InChI is InChI=1S/C15H16BrN3O2/c16-13-9-10(15(18)20)1-6-14(13)19-7-8-21-12-4-2-11(17)3-5-12/h1-6,9,19H,7-8,17H2,(H2,18,20). The van der Waals surface area contributed by atoms with Gasteiger partial charge in [-0.15, -0.1) is 0 Å². The summed E-state index contributed by atoms with van der Waals surface area (Å²) in [7, 11) is 0. The molecular weight excluding hydrogens is 334 g/mol. The zero-order valence-electron chi connectivity index (χ0n) is 11.3. The molecule has 0 aliphatic heterocycles. The van der Waals surface area contributed by atoms with Gasteiger partial charge in [-0.25, -0.2) is 0 Å². The van der Waals surface area contributed by atoms with Crippen molar-refractivity contribution >= 4 is 33.2 Å². The Labute approximate surface area is 131 Å². The van der Waals surface area contributed by atoms with Crippen LogP contribution in [0.1, 0.15) is 10.4 Å². The zero-order valence-corrected chi connectivity index (χ0v) is 12.9. The van der Waals surface area contributed by atoms with E-state index in [1.807, 2.05) is 12.1 Å². The van der Waals surface area contributed by atoms with Gasteiger partial charge in [-0.1, -0.05) is 0 Å². The maximum absolute atomic E-state index is 11.1. The number of halogens is 1. The van der Waals surface area contributed by atoms with Gasteiger partial charge >= 0.3 is 0 Å². The molecule has 0 saturated heterocycles. The van der Waals surface area contributed by atoms with Crippen molar-refractivity contribution in [1.29, 1.82) is 0 Å². The van der Waals surface area contributed by atoms with Crippen LogP contribution < -0.4 is 21.5 Å². The van der Waals surface area contributed by atoms with Gasteiger partial charge in [0, 0.05) is 28.0 Å². The second kappa shape index (κ2) is 6.99. The summed E-state index contributed by atoms with van der Waals surface area (Å²) in [6.07, 6.45) is 0. The second-order valence-electron chi connectivity index (χ2n) is 4.40. The smallest absolute Gasteiger partial charge is 0.248 e. The van der Waals surface area contributed by atoms with E-state index in [1.165, 1.54) is 0 Å². The minimum absolute atomic E-state index is 0.450. The molecule has 5 N–H and O–H groups in total. The largest absolute Gasteiger partial charge is 0.492 e. The first-order valence-electron chi connectivity index (χ1n) is 6.38. The Hall–Kier alpha value is -2.21. The number of nitrogens with one attached hydrogen (secondary N) is 1. The van der Waals surface area contributed by atoms with Crippen molar-refractivity contribution in [2.24, 2.45) is 5.73 Å². The monoisotopic (exact) mass is 349 g/mol. The summed E-state index contributed by atoms with van der Waals surface area (Å²) >= 11 is 3.40. The van der Waals surface area contributed by atoms with E-state index in [0.717, 1.165) is 15.9 Å². The van der Waals surface area contributed by atoms with Crippen LogP contribution in [-0.4, -0.2) is 19.1 Å². The number of rotatable bonds is 6. The van der Waals surface area contributed by atoms with E-state index >= 15 is 0 Å².